The number of ketones is 1. The van der Waals surface area contributed by atoms with E-state index >= 15 is 0 Å². The van der Waals surface area contributed by atoms with E-state index in [1.165, 1.54) is 12.1 Å². The first-order valence-corrected chi connectivity index (χ1v) is 6.47. The van der Waals surface area contributed by atoms with Crippen LogP contribution in [0.2, 0.25) is 0 Å². The molecule has 1 atom stereocenters. The molecular weight excluding hydrogens is 229 g/mol. The number of hydrogen-bond donors (Lipinski definition) is 1. The lowest BCUT2D eigenvalue weighted by Crippen LogP contribution is -2.20. The molecule has 18 heavy (non-hydrogen) atoms. The Morgan fingerprint density at radius 1 is 1.28 bits per heavy atom. The highest BCUT2D eigenvalue weighted by atomic mass is 19.1. The molecule has 0 amide bonds. The largest absolute Gasteiger partial charge is 0.330 e. The summed E-state index contributed by atoms with van der Waals surface area (Å²) in [4.78, 5) is 11.9. The Hall–Kier alpha value is -1.22. The summed E-state index contributed by atoms with van der Waals surface area (Å²) < 4.78 is 12.7. The van der Waals surface area contributed by atoms with Gasteiger partial charge in [0.1, 0.15) is 11.6 Å². The molecule has 100 valence electrons. The third-order valence-electron chi connectivity index (χ3n) is 2.97. The van der Waals surface area contributed by atoms with Gasteiger partial charge in [-0.25, -0.2) is 4.39 Å². The quantitative estimate of drug-likeness (QED) is 0.809. The SMILES string of the molecule is CC(C)CC(CN)CC(=O)Cc1ccc(F)cc1. The molecule has 1 aromatic carbocycles. The van der Waals surface area contributed by atoms with Gasteiger partial charge in [0.05, 0.1) is 0 Å². The number of nitrogens with two attached hydrogens (primary N) is 1. The zero-order chi connectivity index (χ0) is 13.5. The van der Waals surface area contributed by atoms with E-state index in [-0.39, 0.29) is 17.5 Å². The number of benzene rings is 1. The van der Waals surface area contributed by atoms with Crippen molar-refractivity contribution in [1.29, 1.82) is 0 Å². The molecule has 1 aromatic rings. The van der Waals surface area contributed by atoms with Gasteiger partial charge in [0.25, 0.3) is 0 Å². The standard InChI is InChI=1S/C15H22FNO/c1-11(2)7-13(10-17)9-15(18)8-12-3-5-14(16)6-4-12/h3-6,11,13H,7-10,17H2,1-2H3. The second-order valence-electron chi connectivity index (χ2n) is 5.28. The maximum Gasteiger partial charge on any atom is 0.137 e. The minimum Gasteiger partial charge on any atom is -0.330 e. The normalized spacial score (nSPS) is 12.7. The molecule has 0 aliphatic carbocycles. The molecule has 0 saturated heterocycles. The van der Waals surface area contributed by atoms with E-state index in [1.807, 2.05) is 0 Å². The molecule has 0 radical (unpaired) electrons. The predicted octanol–water partition coefficient (Wildman–Crippen LogP) is 2.95. The second-order valence-corrected chi connectivity index (χ2v) is 5.28. The van der Waals surface area contributed by atoms with Crippen LogP contribution in [0, 0.1) is 17.7 Å². The lowest BCUT2D eigenvalue weighted by molar-refractivity contribution is -0.119. The number of rotatable bonds is 7. The van der Waals surface area contributed by atoms with Gasteiger partial charge in [0.15, 0.2) is 0 Å². The van der Waals surface area contributed by atoms with E-state index in [0.717, 1.165) is 12.0 Å². The minimum atomic E-state index is -0.272. The van der Waals surface area contributed by atoms with Crippen molar-refractivity contribution in [2.45, 2.75) is 33.1 Å². The summed E-state index contributed by atoms with van der Waals surface area (Å²) in [5.74, 6) is 0.721. The molecule has 0 saturated carbocycles. The van der Waals surface area contributed by atoms with Crippen molar-refractivity contribution in [2.75, 3.05) is 6.54 Å². The Labute approximate surface area is 108 Å². The molecule has 0 fully saturated rings. The average Bonchev–Trinajstić information content (AvgIpc) is 2.30. The molecule has 1 rings (SSSR count). The smallest absolute Gasteiger partial charge is 0.137 e. The zero-order valence-electron chi connectivity index (χ0n) is 11.2. The third kappa shape index (κ3) is 5.41. The fraction of sp³-hybridized carbons (Fsp3) is 0.533. The molecular formula is C15H22FNO. The first-order valence-electron chi connectivity index (χ1n) is 6.47. The van der Waals surface area contributed by atoms with Crippen molar-refractivity contribution < 1.29 is 9.18 Å². The van der Waals surface area contributed by atoms with Crippen molar-refractivity contribution in [3.63, 3.8) is 0 Å². The van der Waals surface area contributed by atoms with Gasteiger partial charge in [-0.15, -0.1) is 0 Å². The molecule has 0 bridgehead atoms. The van der Waals surface area contributed by atoms with Crippen molar-refractivity contribution >= 4 is 5.78 Å². The Kier molecular flexibility index (Phi) is 5.99. The van der Waals surface area contributed by atoms with Gasteiger partial charge in [-0.05, 0) is 42.5 Å². The van der Waals surface area contributed by atoms with E-state index in [4.69, 9.17) is 5.73 Å². The molecule has 2 nitrogen and oxygen atoms in total. The fourth-order valence-corrected chi connectivity index (χ4v) is 2.15. The van der Waals surface area contributed by atoms with E-state index in [9.17, 15) is 9.18 Å². The summed E-state index contributed by atoms with van der Waals surface area (Å²) in [6.07, 6.45) is 1.87. The van der Waals surface area contributed by atoms with Crippen LogP contribution >= 0.6 is 0 Å². The minimum absolute atomic E-state index is 0.178. The Morgan fingerprint density at radius 3 is 2.39 bits per heavy atom. The molecule has 0 heterocycles. The third-order valence-corrected chi connectivity index (χ3v) is 2.97. The predicted molar refractivity (Wildman–Crippen MR) is 71.7 cm³/mol. The number of halogens is 1. The molecule has 2 N–H and O–H groups in total. The summed E-state index contributed by atoms with van der Waals surface area (Å²) in [6, 6.07) is 6.09. The van der Waals surface area contributed by atoms with Crippen LogP contribution in [0.5, 0.6) is 0 Å². The zero-order valence-corrected chi connectivity index (χ0v) is 11.2. The maximum absolute atomic E-state index is 12.7. The lowest BCUT2D eigenvalue weighted by atomic mass is 9.91. The number of hydrogen-bond acceptors (Lipinski definition) is 2. The van der Waals surface area contributed by atoms with Crippen LogP contribution in [0.1, 0.15) is 32.3 Å². The monoisotopic (exact) mass is 251 g/mol. The van der Waals surface area contributed by atoms with Crippen LogP contribution in [-0.2, 0) is 11.2 Å². The molecule has 0 aliphatic rings. The van der Waals surface area contributed by atoms with Crippen LogP contribution in [-0.4, -0.2) is 12.3 Å². The van der Waals surface area contributed by atoms with Crippen LogP contribution in [0.25, 0.3) is 0 Å². The molecule has 0 aliphatic heterocycles. The fourth-order valence-electron chi connectivity index (χ4n) is 2.15. The number of carbonyl (C=O) groups is 1. The van der Waals surface area contributed by atoms with E-state index in [2.05, 4.69) is 13.8 Å². The highest BCUT2D eigenvalue weighted by Crippen LogP contribution is 2.16. The van der Waals surface area contributed by atoms with Crippen LogP contribution in [0.4, 0.5) is 4.39 Å². The topological polar surface area (TPSA) is 43.1 Å². The summed E-state index contributed by atoms with van der Waals surface area (Å²) in [5.41, 5.74) is 6.54. The van der Waals surface area contributed by atoms with E-state index < -0.39 is 0 Å². The molecule has 3 heteroatoms. The summed E-state index contributed by atoms with van der Waals surface area (Å²) in [6.45, 7) is 4.81. The molecule has 0 spiro atoms. The van der Waals surface area contributed by atoms with Crippen LogP contribution in [0.15, 0.2) is 24.3 Å². The van der Waals surface area contributed by atoms with Gasteiger partial charge in [-0.2, -0.15) is 0 Å². The Morgan fingerprint density at radius 2 is 1.89 bits per heavy atom. The van der Waals surface area contributed by atoms with Crippen LogP contribution in [0.3, 0.4) is 0 Å². The van der Waals surface area contributed by atoms with Crippen molar-refractivity contribution in [3.8, 4) is 0 Å². The summed E-state index contributed by atoms with van der Waals surface area (Å²) in [7, 11) is 0. The highest BCUT2D eigenvalue weighted by molar-refractivity contribution is 5.81. The van der Waals surface area contributed by atoms with Crippen molar-refractivity contribution in [1.82, 2.24) is 0 Å². The van der Waals surface area contributed by atoms with Crippen molar-refractivity contribution in [2.24, 2.45) is 17.6 Å². The van der Waals surface area contributed by atoms with Crippen LogP contribution < -0.4 is 5.73 Å². The number of carbonyl (C=O) groups excluding carboxylic acids is 1. The average molecular weight is 251 g/mol. The molecule has 0 aromatic heterocycles. The first-order chi connectivity index (χ1) is 8.51. The molecule has 1 unspecified atom stereocenters. The Balaban J connectivity index is 2.47. The Bertz CT molecular complexity index is 373. The first kappa shape index (κ1) is 14.8. The van der Waals surface area contributed by atoms with Gasteiger partial charge in [-0.3, -0.25) is 4.79 Å². The van der Waals surface area contributed by atoms with Gasteiger partial charge in [-0.1, -0.05) is 26.0 Å². The van der Waals surface area contributed by atoms with Gasteiger partial charge < -0.3 is 5.73 Å². The summed E-state index contributed by atoms with van der Waals surface area (Å²) in [5, 5.41) is 0. The van der Waals surface area contributed by atoms with Gasteiger partial charge >= 0.3 is 0 Å². The van der Waals surface area contributed by atoms with Crippen molar-refractivity contribution in [3.05, 3.63) is 35.6 Å². The van der Waals surface area contributed by atoms with Gasteiger partial charge in [0, 0.05) is 12.8 Å². The van der Waals surface area contributed by atoms with Gasteiger partial charge in [0.2, 0.25) is 0 Å². The highest BCUT2D eigenvalue weighted by Gasteiger charge is 2.14. The maximum atomic E-state index is 12.7. The second kappa shape index (κ2) is 7.27. The van der Waals surface area contributed by atoms with E-state index in [0.29, 0.717) is 25.3 Å². The lowest BCUT2D eigenvalue weighted by Gasteiger charge is -2.16. The number of Topliss-reactive ketones (excluding diaryl/α,β-unsaturated/α-hetero) is 1. The summed E-state index contributed by atoms with van der Waals surface area (Å²) >= 11 is 0. The van der Waals surface area contributed by atoms with E-state index in [1.54, 1.807) is 12.1 Å².